The van der Waals surface area contributed by atoms with Gasteiger partial charge in [-0.25, -0.2) is 4.79 Å². The van der Waals surface area contributed by atoms with Crippen LogP contribution in [0.3, 0.4) is 0 Å². The van der Waals surface area contributed by atoms with Gasteiger partial charge in [-0.15, -0.1) is 0 Å². The average Bonchev–Trinajstić information content (AvgIpc) is 2.57. The van der Waals surface area contributed by atoms with Crippen molar-refractivity contribution in [2.24, 2.45) is 0 Å². The molecule has 0 bridgehead atoms. The molecule has 0 aliphatic carbocycles. The van der Waals surface area contributed by atoms with Crippen molar-refractivity contribution in [3.05, 3.63) is 71.6 Å². The number of pyridine rings is 1. The second-order valence-corrected chi connectivity index (χ2v) is 4.81. The molecular weight excluding hydrogens is 321 g/mol. The Morgan fingerprint density at radius 2 is 1.96 bits per heavy atom. The first-order chi connectivity index (χ1) is 11.5. The lowest BCUT2D eigenvalue weighted by molar-refractivity contribution is -0.137. The summed E-state index contributed by atoms with van der Waals surface area (Å²) in [5, 5.41) is 2.43. The molecule has 0 aliphatic rings. The number of ether oxygens (including phenoxy) is 1. The first-order valence-electron chi connectivity index (χ1n) is 7.09. The summed E-state index contributed by atoms with van der Waals surface area (Å²) < 4.78 is 43.4. The van der Waals surface area contributed by atoms with Gasteiger partial charge in [0.05, 0.1) is 5.56 Å². The summed E-state index contributed by atoms with van der Waals surface area (Å²) in [4.78, 5) is 15.2. The van der Waals surface area contributed by atoms with Gasteiger partial charge >= 0.3 is 12.3 Å². The molecule has 0 radical (unpaired) electrons. The van der Waals surface area contributed by atoms with E-state index < -0.39 is 17.8 Å². The molecule has 2 rings (SSSR count). The van der Waals surface area contributed by atoms with E-state index in [1.54, 1.807) is 0 Å². The summed E-state index contributed by atoms with van der Waals surface area (Å²) in [7, 11) is 0. The SMILES string of the molecule is O=C(NCC=Cc1cnccc1C(F)(F)F)OCc1ccccc1. The Bertz CT molecular complexity index is 700. The first kappa shape index (κ1) is 17.5. The van der Waals surface area contributed by atoms with E-state index >= 15 is 0 Å². The van der Waals surface area contributed by atoms with Crippen LogP contribution < -0.4 is 5.32 Å². The molecule has 4 nitrogen and oxygen atoms in total. The van der Waals surface area contributed by atoms with Gasteiger partial charge in [0.2, 0.25) is 0 Å². The van der Waals surface area contributed by atoms with Crippen LogP contribution in [0.2, 0.25) is 0 Å². The van der Waals surface area contributed by atoms with Gasteiger partial charge in [0.25, 0.3) is 0 Å². The van der Waals surface area contributed by atoms with E-state index in [4.69, 9.17) is 4.74 Å². The topological polar surface area (TPSA) is 51.2 Å². The molecule has 1 N–H and O–H groups in total. The minimum absolute atomic E-state index is 0.0415. The van der Waals surface area contributed by atoms with Crippen LogP contribution in [0, 0.1) is 0 Å². The molecule has 126 valence electrons. The highest BCUT2D eigenvalue weighted by Gasteiger charge is 2.32. The van der Waals surface area contributed by atoms with Crippen LogP contribution in [0.5, 0.6) is 0 Å². The van der Waals surface area contributed by atoms with E-state index in [0.29, 0.717) is 0 Å². The Labute approximate surface area is 137 Å². The van der Waals surface area contributed by atoms with Crippen molar-refractivity contribution in [1.82, 2.24) is 10.3 Å². The second kappa shape index (κ2) is 8.14. The number of hydrogen-bond donors (Lipinski definition) is 1. The monoisotopic (exact) mass is 336 g/mol. The molecular formula is C17H15F3N2O2. The highest BCUT2D eigenvalue weighted by molar-refractivity contribution is 5.67. The Morgan fingerprint density at radius 1 is 1.21 bits per heavy atom. The predicted octanol–water partition coefficient (Wildman–Crippen LogP) is 4.04. The number of amides is 1. The number of benzene rings is 1. The standard InChI is InChI=1S/C17H15F3N2O2/c18-17(19,20)15-8-10-21-11-14(15)7-4-9-22-16(23)24-12-13-5-2-1-3-6-13/h1-8,10-11H,9,12H2,(H,22,23). The zero-order chi connectivity index (χ0) is 17.4. The summed E-state index contributed by atoms with van der Waals surface area (Å²) >= 11 is 0. The number of alkyl carbamates (subject to hydrolysis) is 1. The van der Waals surface area contributed by atoms with Crippen LogP contribution in [-0.4, -0.2) is 17.6 Å². The van der Waals surface area contributed by atoms with Crippen LogP contribution in [0.1, 0.15) is 16.7 Å². The first-order valence-corrected chi connectivity index (χ1v) is 7.09. The van der Waals surface area contributed by atoms with Gasteiger partial charge in [0, 0.05) is 24.5 Å². The van der Waals surface area contributed by atoms with Crippen molar-refractivity contribution in [2.45, 2.75) is 12.8 Å². The van der Waals surface area contributed by atoms with Crippen molar-refractivity contribution in [3.63, 3.8) is 0 Å². The van der Waals surface area contributed by atoms with Gasteiger partial charge in [-0.05, 0) is 11.6 Å². The van der Waals surface area contributed by atoms with Crippen molar-refractivity contribution in [1.29, 1.82) is 0 Å². The quantitative estimate of drug-likeness (QED) is 0.896. The van der Waals surface area contributed by atoms with E-state index in [1.165, 1.54) is 12.2 Å². The maximum absolute atomic E-state index is 12.8. The van der Waals surface area contributed by atoms with E-state index in [-0.39, 0.29) is 18.7 Å². The molecule has 0 aliphatic heterocycles. The highest BCUT2D eigenvalue weighted by atomic mass is 19.4. The number of rotatable bonds is 5. The smallest absolute Gasteiger partial charge is 0.417 e. The Morgan fingerprint density at radius 3 is 2.67 bits per heavy atom. The Balaban J connectivity index is 1.82. The van der Waals surface area contributed by atoms with Crippen LogP contribution in [-0.2, 0) is 17.5 Å². The maximum atomic E-state index is 12.8. The fraction of sp³-hybridized carbons (Fsp3) is 0.176. The zero-order valence-electron chi connectivity index (χ0n) is 12.6. The summed E-state index contributed by atoms with van der Waals surface area (Å²) in [5.74, 6) is 0. The molecule has 0 saturated carbocycles. The van der Waals surface area contributed by atoms with Crippen LogP contribution in [0.25, 0.3) is 6.08 Å². The Kier molecular flexibility index (Phi) is 5.95. The largest absolute Gasteiger partial charge is 0.445 e. The number of carbonyl (C=O) groups excluding carboxylic acids is 1. The van der Waals surface area contributed by atoms with Crippen molar-refractivity contribution < 1.29 is 22.7 Å². The summed E-state index contributed by atoms with van der Waals surface area (Å²) in [6, 6.07) is 10.0. The number of nitrogens with zero attached hydrogens (tertiary/aromatic N) is 1. The van der Waals surface area contributed by atoms with Gasteiger partial charge in [-0.2, -0.15) is 13.2 Å². The van der Waals surface area contributed by atoms with Crippen LogP contribution >= 0.6 is 0 Å². The van der Waals surface area contributed by atoms with Gasteiger partial charge in [-0.3, -0.25) is 4.98 Å². The van der Waals surface area contributed by atoms with Crippen LogP contribution in [0.4, 0.5) is 18.0 Å². The maximum Gasteiger partial charge on any atom is 0.417 e. The second-order valence-electron chi connectivity index (χ2n) is 4.81. The molecule has 0 unspecified atom stereocenters. The van der Waals surface area contributed by atoms with Gasteiger partial charge in [0.1, 0.15) is 6.61 Å². The lowest BCUT2D eigenvalue weighted by Gasteiger charge is -2.09. The van der Waals surface area contributed by atoms with E-state index in [0.717, 1.165) is 24.0 Å². The lowest BCUT2D eigenvalue weighted by atomic mass is 10.1. The number of aromatic nitrogens is 1. The lowest BCUT2D eigenvalue weighted by Crippen LogP contribution is -2.24. The third kappa shape index (κ3) is 5.42. The summed E-state index contributed by atoms with van der Waals surface area (Å²) in [6.45, 7) is 0.164. The molecule has 0 spiro atoms. The van der Waals surface area contributed by atoms with E-state index in [9.17, 15) is 18.0 Å². The third-order valence-electron chi connectivity index (χ3n) is 3.03. The molecule has 0 saturated heterocycles. The molecule has 24 heavy (non-hydrogen) atoms. The summed E-state index contributed by atoms with van der Waals surface area (Å²) in [6.07, 6.45) is -0.244. The molecule has 0 atom stereocenters. The fourth-order valence-electron chi connectivity index (χ4n) is 1.90. The van der Waals surface area contributed by atoms with Crippen molar-refractivity contribution in [3.8, 4) is 0 Å². The molecule has 1 amide bonds. The van der Waals surface area contributed by atoms with E-state index in [2.05, 4.69) is 10.3 Å². The molecule has 0 fully saturated rings. The molecule has 7 heteroatoms. The predicted molar refractivity (Wildman–Crippen MR) is 82.9 cm³/mol. The van der Waals surface area contributed by atoms with Crippen molar-refractivity contribution >= 4 is 12.2 Å². The Hall–Kier alpha value is -2.83. The molecule has 1 aromatic carbocycles. The van der Waals surface area contributed by atoms with Crippen molar-refractivity contribution in [2.75, 3.05) is 6.54 Å². The fourth-order valence-corrected chi connectivity index (χ4v) is 1.90. The minimum atomic E-state index is -4.45. The zero-order valence-corrected chi connectivity index (χ0v) is 12.6. The average molecular weight is 336 g/mol. The minimum Gasteiger partial charge on any atom is -0.445 e. The highest BCUT2D eigenvalue weighted by Crippen LogP contribution is 2.31. The summed E-state index contributed by atoms with van der Waals surface area (Å²) in [5.41, 5.74) is -0.00164. The molecule has 1 heterocycles. The molecule has 1 aromatic heterocycles. The number of hydrogen-bond acceptors (Lipinski definition) is 3. The van der Waals surface area contributed by atoms with Gasteiger partial charge in [-0.1, -0.05) is 42.5 Å². The molecule has 2 aromatic rings. The number of halogens is 3. The van der Waals surface area contributed by atoms with Gasteiger partial charge < -0.3 is 10.1 Å². The number of alkyl halides is 3. The normalized spacial score (nSPS) is 11.5. The van der Waals surface area contributed by atoms with Crippen LogP contribution in [0.15, 0.2) is 54.9 Å². The third-order valence-corrected chi connectivity index (χ3v) is 3.03. The number of carbonyl (C=O) groups is 1. The van der Waals surface area contributed by atoms with Gasteiger partial charge in [0.15, 0.2) is 0 Å². The number of nitrogens with one attached hydrogen (secondary N) is 1. The van der Waals surface area contributed by atoms with E-state index in [1.807, 2.05) is 30.3 Å².